The number of rotatable bonds is 4. The molecule has 1 heterocycles. The summed E-state index contributed by atoms with van der Waals surface area (Å²) in [5.41, 5.74) is 6.14. The summed E-state index contributed by atoms with van der Waals surface area (Å²) in [5.74, 6) is -0.253. The molecule has 2 N–H and O–H groups in total. The summed E-state index contributed by atoms with van der Waals surface area (Å²) in [6, 6.07) is 4.64. The van der Waals surface area contributed by atoms with Gasteiger partial charge in [-0.05, 0) is 31.0 Å². The van der Waals surface area contributed by atoms with E-state index in [9.17, 15) is 12.8 Å². The van der Waals surface area contributed by atoms with Crippen molar-refractivity contribution >= 4 is 9.84 Å². The third kappa shape index (κ3) is 3.00. The molecule has 1 saturated heterocycles. The Bertz CT molecular complexity index is 530. The van der Waals surface area contributed by atoms with Crippen molar-refractivity contribution in [2.75, 3.05) is 18.1 Å². The predicted octanol–water partition coefficient (Wildman–Crippen LogP) is 0.893. The fourth-order valence-electron chi connectivity index (χ4n) is 2.06. The standard InChI is InChI=1S/C12H16FNO3S/c13-11-3-1-2-9(4-6-14)12(11)17-10-5-7-18(15,16)8-10/h1-3,10H,4-8,14H2. The van der Waals surface area contributed by atoms with Crippen LogP contribution in [0.25, 0.3) is 0 Å². The summed E-state index contributed by atoms with van der Waals surface area (Å²) in [6.07, 6.45) is 0.467. The number of hydrogen-bond donors (Lipinski definition) is 1. The Morgan fingerprint density at radius 3 is 2.83 bits per heavy atom. The van der Waals surface area contributed by atoms with Gasteiger partial charge in [-0.25, -0.2) is 12.8 Å². The molecular weight excluding hydrogens is 257 g/mol. The van der Waals surface area contributed by atoms with Crippen LogP contribution in [-0.4, -0.2) is 32.6 Å². The summed E-state index contributed by atoms with van der Waals surface area (Å²) >= 11 is 0. The summed E-state index contributed by atoms with van der Waals surface area (Å²) in [6.45, 7) is 0.392. The number of para-hydroxylation sites is 1. The lowest BCUT2D eigenvalue weighted by Gasteiger charge is -2.16. The van der Waals surface area contributed by atoms with Crippen LogP contribution in [0.5, 0.6) is 5.75 Å². The summed E-state index contributed by atoms with van der Waals surface area (Å²) in [5, 5.41) is 0. The minimum absolute atomic E-state index is 0.0383. The quantitative estimate of drug-likeness (QED) is 0.884. The highest BCUT2D eigenvalue weighted by Gasteiger charge is 2.30. The van der Waals surface area contributed by atoms with Gasteiger partial charge >= 0.3 is 0 Å². The molecule has 18 heavy (non-hydrogen) atoms. The number of sulfone groups is 1. The van der Waals surface area contributed by atoms with Crippen LogP contribution in [0.4, 0.5) is 4.39 Å². The molecule has 1 atom stereocenters. The van der Waals surface area contributed by atoms with Crippen LogP contribution < -0.4 is 10.5 Å². The number of benzene rings is 1. The van der Waals surface area contributed by atoms with Gasteiger partial charge in [-0.1, -0.05) is 12.1 Å². The molecule has 100 valence electrons. The first kappa shape index (κ1) is 13.3. The third-order valence-corrected chi connectivity index (χ3v) is 4.67. The highest BCUT2D eigenvalue weighted by atomic mass is 32.2. The van der Waals surface area contributed by atoms with Crippen LogP contribution in [-0.2, 0) is 16.3 Å². The molecule has 0 spiro atoms. The second-order valence-corrected chi connectivity index (χ2v) is 6.64. The Hall–Kier alpha value is -1.14. The van der Waals surface area contributed by atoms with Crippen molar-refractivity contribution < 1.29 is 17.5 Å². The summed E-state index contributed by atoms with van der Waals surface area (Å²) in [4.78, 5) is 0. The molecule has 0 aromatic heterocycles. The van der Waals surface area contributed by atoms with Crippen LogP contribution in [0.2, 0.25) is 0 Å². The van der Waals surface area contributed by atoms with Gasteiger partial charge in [0.15, 0.2) is 21.4 Å². The third-order valence-electron chi connectivity index (χ3n) is 2.94. The molecule has 1 aliphatic rings. The van der Waals surface area contributed by atoms with Crippen molar-refractivity contribution in [3.63, 3.8) is 0 Å². The Morgan fingerprint density at radius 1 is 1.44 bits per heavy atom. The Morgan fingerprint density at radius 2 is 2.22 bits per heavy atom. The largest absolute Gasteiger partial charge is 0.486 e. The van der Waals surface area contributed by atoms with Gasteiger partial charge in [-0.2, -0.15) is 0 Å². The van der Waals surface area contributed by atoms with Crippen LogP contribution >= 0.6 is 0 Å². The van der Waals surface area contributed by atoms with Crippen LogP contribution in [0.15, 0.2) is 18.2 Å². The molecule has 6 heteroatoms. The molecule has 1 aromatic rings. The lowest BCUT2D eigenvalue weighted by Crippen LogP contribution is -2.19. The Kier molecular flexibility index (Phi) is 3.87. The summed E-state index contributed by atoms with van der Waals surface area (Å²) in [7, 11) is -3.03. The number of nitrogens with two attached hydrogens (primary N) is 1. The van der Waals surface area contributed by atoms with Crippen molar-refractivity contribution in [2.45, 2.75) is 18.9 Å². The summed E-state index contributed by atoms with van der Waals surface area (Å²) < 4.78 is 41.9. The van der Waals surface area contributed by atoms with E-state index in [0.29, 0.717) is 24.9 Å². The van der Waals surface area contributed by atoms with E-state index in [4.69, 9.17) is 10.5 Å². The number of halogens is 1. The molecule has 0 radical (unpaired) electrons. The molecule has 0 bridgehead atoms. The first-order valence-corrected chi connectivity index (χ1v) is 7.68. The number of hydrogen-bond acceptors (Lipinski definition) is 4. The van der Waals surface area contributed by atoms with Gasteiger partial charge in [0.1, 0.15) is 6.10 Å². The van der Waals surface area contributed by atoms with E-state index in [1.807, 2.05) is 0 Å². The first-order chi connectivity index (χ1) is 8.52. The van der Waals surface area contributed by atoms with Crippen molar-refractivity contribution in [1.29, 1.82) is 0 Å². The average Bonchev–Trinajstić information content (AvgIpc) is 2.63. The van der Waals surface area contributed by atoms with Gasteiger partial charge in [0.25, 0.3) is 0 Å². The van der Waals surface area contributed by atoms with E-state index in [1.165, 1.54) is 6.07 Å². The topological polar surface area (TPSA) is 69.4 Å². The predicted molar refractivity (Wildman–Crippen MR) is 66.8 cm³/mol. The normalized spacial score (nSPS) is 22.0. The maximum atomic E-state index is 13.7. The fourth-order valence-corrected chi connectivity index (χ4v) is 3.65. The Balaban J connectivity index is 2.18. The van der Waals surface area contributed by atoms with Gasteiger partial charge < -0.3 is 10.5 Å². The molecule has 0 saturated carbocycles. The second kappa shape index (κ2) is 5.24. The molecule has 1 aromatic carbocycles. The molecular formula is C12H16FNO3S. The molecule has 1 aliphatic heterocycles. The number of ether oxygens (including phenoxy) is 1. The van der Waals surface area contributed by atoms with Gasteiger partial charge in [-0.15, -0.1) is 0 Å². The average molecular weight is 273 g/mol. The zero-order valence-electron chi connectivity index (χ0n) is 9.93. The molecule has 4 nitrogen and oxygen atoms in total. The Labute approximate surface area is 106 Å². The monoisotopic (exact) mass is 273 g/mol. The van der Waals surface area contributed by atoms with Crippen LogP contribution in [0.3, 0.4) is 0 Å². The maximum Gasteiger partial charge on any atom is 0.165 e. The fraction of sp³-hybridized carbons (Fsp3) is 0.500. The molecule has 1 unspecified atom stereocenters. The van der Waals surface area contributed by atoms with Gasteiger partial charge in [-0.3, -0.25) is 0 Å². The molecule has 0 amide bonds. The lowest BCUT2D eigenvalue weighted by atomic mass is 10.1. The molecule has 2 rings (SSSR count). The highest BCUT2D eigenvalue weighted by Crippen LogP contribution is 2.27. The van der Waals surface area contributed by atoms with E-state index < -0.39 is 21.8 Å². The van der Waals surface area contributed by atoms with E-state index in [0.717, 1.165) is 0 Å². The zero-order valence-corrected chi connectivity index (χ0v) is 10.7. The van der Waals surface area contributed by atoms with Gasteiger partial charge in [0.2, 0.25) is 0 Å². The SMILES string of the molecule is NCCc1cccc(F)c1OC1CCS(=O)(=O)C1. The minimum Gasteiger partial charge on any atom is -0.486 e. The van der Waals surface area contributed by atoms with Gasteiger partial charge in [0, 0.05) is 0 Å². The molecule has 1 fully saturated rings. The van der Waals surface area contributed by atoms with Crippen molar-refractivity contribution in [2.24, 2.45) is 5.73 Å². The second-order valence-electron chi connectivity index (χ2n) is 4.41. The van der Waals surface area contributed by atoms with Crippen LogP contribution in [0, 0.1) is 5.82 Å². The highest BCUT2D eigenvalue weighted by molar-refractivity contribution is 7.91. The van der Waals surface area contributed by atoms with E-state index in [1.54, 1.807) is 12.1 Å². The van der Waals surface area contributed by atoms with Crippen molar-refractivity contribution in [3.05, 3.63) is 29.6 Å². The zero-order chi connectivity index (χ0) is 13.2. The van der Waals surface area contributed by atoms with Crippen LogP contribution in [0.1, 0.15) is 12.0 Å². The smallest absolute Gasteiger partial charge is 0.165 e. The van der Waals surface area contributed by atoms with E-state index in [2.05, 4.69) is 0 Å². The maximum absolute atomic E-state index is 13.7. The van der Waals surface area contributed by atoms with E-state index >= 15 is 0 Å². The minimum atomic E-state index is -3.03. The lowest BCUT2D eigenvalue weighted by molar-refractivity contribution is 0.216. The van der Waals surface area contributed by atoms with Gasteiger partial charge in [0.05, 0.1) is 11.5 Å². The van der Waals surface area contributed by atoms with Crippen molar-refractivity contribution in [3.8, 4) is 5.75 Å². The first-order valence-electron chi connectivity index (χ1n) is 5.86. The van der Waals surface area contributed by atoms with Crippen molar-refractivity contribution in [1.82, 2.24) is 0 Å². The molecule has 0 aliphatic carbocycles. The van der Waals surface area contributed by atoms with E-state index in [-0.39, 0.29) is 17.3 Å².